The Balaban J connectivity index is 1.82. The third-order valence-electron chi connectivity index (χ3n) is 3.86. The van der Waals surface area contributed by atoms with E-state index in [0.717, 1.165) is 16.1 Å². The zero-order valence-electron chi connectivity index (χ0n) is 13.0. The SMILES string of the molecule is C=CCN(Cc1ccc(Cl)s1)C(=O)c1ccc2c(c1)CCC(=O)N2. The first-order chi connectivity index (χ1) is 11.6. The zero-order valence-corrected chi connectivity index (χ0v) is 14.6. The van der Waals surface area contributed by atoms with Gasteiger partial charge in [-0.3, -0.25) is 9.59 Å². The molecule has 0 spiro atoms. The lowest BCUT2D eigenvalue weighted by atomic mass is 10.00. The van der Waals surface area contributed by atoms with Crippen LogP contribution in [0, 0.1) is 0 Å². The first-order valence-electron chi connectivity index (χ1n) is 7.64. The predicted molar refractivity (Wildman–Crippen MR) is 97.7 cm³/mol. The maximum atomic E-state index is 12.9. The fraction of sp³-hybridized carbons (Fsp3) is 0.222. The Morgan fingerprint density at radius 3 is 2.88 bits per heavy atom. The van der Waals surface area contributed by atoms with Crippen molar-refractivity contribution < 1.29 is 9.59 Å². The highest BCUT2D eigenvalue weighted by atomic mass is 35.5. The second-order valence-electron chi connectivity index (χ2n) is 5.60. The largest absolute Gasteiger partial charge is 0.330 e. The summed E-state index contributed by atoms with van der Waals surface area (Å²) in [4.78, 5) is 27.1. The number of aryl methyl sites for hydroxylation is 1. The summed E-state index contributed by atoms with van der Waals surface area (Å²) in [5.74, 6) is -0.0384. The first-order valence-corrected chi connectivity index (χ1v) is 8.83. The minimum absolute atomic E-state index is 0.0180. The van der Waals surface area contributed by atoms with Gasteiger partial charge in [-0.1, -0.05) is 17.7 Å². The molecule has 0 radical (unpaired) electrons. The summed E-state index contributed by atoms with van der Waals surface area (Å²) in [5, 5.41) is 2.83. The van der Waals surface area contributed by atoms with E-state index in [9.17, 15) is 9.59 Å². The second-order valence-corrected chi connectivity index (χ2v) is 7.40. The number of rotatable bonds is 5. The maximum Gasteiger partial charge on any atom is 0.254 e. The van der Waals surface area contributed by atoms with Crippen LogP contribution in [0.25, 0.3) is 0 Å². The number of hydrogen-bond acceptors (Lipinski definition) is 3. The van der Waals surface area contributed by atoms with Crippen molar-refractivity contribution in [2.75, 3.05) is 11.9 Å². The van der Waals surface area contributed by atoms with Crippen LogP contribution < -0.4 is 5.32 Å². The van der Waals surface area contributed by atoms with Crippen LogP contribution in [0.4, 0.5) is 5.69 Å². The Morgan fingerprint density at radius 1 is 1.33 bits per heavy atom. The molecule has 4 nitrogen and oxygen atoms in total. The monoisotopic (exact) mass is 360 g/mol. The summed E-state index contributed by atoms with van der Waals surface area (Å²) in [7, 11) is 0. The number of fused-ring (bicyclic) bond motifs is 1. The Labute approximate surface area is 149 Å². The minimum Gasteiger partial charge on any atom is -0.330 e. The molecule has 124 valence electrons. The maximum absolute atomic E-state index is 12.9. The number of halogens is 1. The Morgan fingerprint density at radius 2 is 2.17 bits per heavy atom. The molecule has 2 aromatic rings. The van der Waals surface area contributed by atoms with E-state index in [0.29, 0.717) is 35.8 Å². The van der Waals surface area contributed by atoms with Crippen LogP contribution in [0.5, 0.6) is 0 Å². The van der Waals surface area contributed by atoms with E-state index in [4.69, 9.17) is 11.6 Å². The molecule has 0 aliphatic carbocycles. The molecule has 2 heterocycles. The van der Waals surface area contributed by atoms with E-state index in [-0.39, 0.29) is 11.8 Å². The first kappa shape index (κ1) is 16.7. The lowest BCUT2D eigenvalue weighted by molar-refractivity contribution is -0.116. The molecule has 0 fully saturated rings. The molecule has 1 aliphatic rings. The molecule has 3 rings (SSSR count). The van der Waals surface area contributed by atoms with Gasteiger partial charge in [-0.05, 0) is 42.3 Å². The van der Waals surface area contributed by atoms with Gasteiger partial charge in [0.25, 0.3) is 5.91 Å². The molecular weight excluding hydrogens is 344 g/mol. The summed E-state index contributed by atoms with van der Waals surface area (Å²) >= 11 is 7.44. The second kappa shape index (κ2) is 7.20. The van der Waals surface area contributed by atoms with Crippen LogP contribution in [-0.2, 0) is 17.8 Å². The van der Waals surface area contributed by atoms with Gasteiger partial charge in [0, 0.05) is 29.1 Å². The van der Waals surface area contributed by atoms with E-state index >= 15 is 0 Å². The molecule has 0 atom stereocenters. The number of thiophene rings is 1. The summed E-state index contributed by atoms with van der Waals surface area (Å²) in [5.41, 5.74) is 2.41. The summed E-state index contributed by atoms with van der Waals surface area (Å²) in [6.07, 6.45) is 2.82. The van der Waals surface area contributed by atoms with Crippen molar-refractivity contribution in [1.29, 1.82) is 0 Å². The fourth-order valence-corrected chi connectivity index (χ4v) is 3.80. The number of nitrogens with zero attached hydrogens (tertiary/aromatic N) is 1. The van der Waals surface area contributed by atoms with E-state index in [1.807, 2.05) is 18.2 Å². The summed E-state index contributed by atoms with van der Waals surface area (Å²) in [6.45, 7) is 4.69. The number of nitrogens with one attached hydrogen (secondary N) is 1. The molecular formula is C18H17ClN2O2S. The van der Waals surface area contributed by atoms with Gasteiger partial charge in [-0.15, -0.1) is 17.9 Å². The van der Waals surface area contributed by atoms with Crippen molar-refractivity contribution in [3.8, 4) is 0 Å². The molecule has 2 amide bonds. The van der Waals surface area contributed by atoms with E-state index < -0.39 is 0 Å². The fourth-order valence-electron chi connectivity index (χ4n) is 2.70. The lowest BCUT2D eigenvalue weighted by Crippen LogP contribution is -2.30. The number of carbonyl (C=O) groups excluding carboxylic acids is 2. The van der Waals surface area contributed by atoms with Gasteiger partial charge < -0.3 is 10.2 Å². The standard InChI is InChI=1S/C18H17ClN2O2S/c1-2-9-21(11-14-5-7-16(19)24-14)18(23)13-3-6-15-12(10-13)4-8-17(22)20-15/h2-3,5-7,10H,1,4,8-9,11H2,(H,20,22). The van der Waals surface area contributed by atoms with Crippen molar-refractivity contribution in [3.63, 3.8) is 0 Å². The highest BCUT2D eigenvalue weighted by Gasteiger charge is 2.20. The van der Waals surface area contributed by atoms with Gasteiger partial charge in [-0.2, -0.15) is 0 Å². The van der Waals surface area contributed by atoms with E-state index in [1.165, 1.54) is 11.3 Å². The average molecular weight is 361 g/mol. The molecule has 1 aromatic heterocycles. The number of anilines is 1. The smallest absolute Gasteiger partial charge is 0.254 e. The molecule has 24 heavy (non-hydrogen) atoms. The van der Waals surface area contributed by atoms with Gasteiger partial charge in [0.15, 0.2) is 0 Å². The third kappa shape index (κ3) is 3.68. The average Bonchev–Trinajstić information content (AvgIpc) is 2.98. The van der Waals surface area contributed by atoms with Crippen LogP contribution in [0.15, 0.2) is 43.0 Å². The molecule has 6 heteroatoms. The summed E-state index contributed by atoms with van der Waals surface area (Å²) < 4.78 is 0.709. The molecule has 1 N–H and O–H groups in total. The Kier molecular flexibility index (Phi) is 5.02. The predicted octanol–water partition coefficient (Wildman–Crippen LogP) is 4.11. The van der Waals surface area contributed by atoms with Gasteiger partial charge in [0.1, 0.15) is 0 Å². The van der Waals surface area contributed by atoms with Crippen molar-refractivity contribution in [2.45, 2.75) is 19.4 Å². The van der Waals surface area contributed by atoms with E-state index in [1.54, 1.807) is 23.1 Å². The number of benzene rings is 1. The van der Waals surface area contributed by atoms with Crippen LogP contribution >= 0.6 is 22.9 Å². The van der Waals surface area contributed by atoms with Gasteiger partial charge in [-0.25, -0.2) is 0 Å². The Bertz CT molecular complexity index is 800. The van der Waals surface area contributed by atoms with Crippen LogP contribution in [0.1, 0.15) is 27.2 Å². The molecule has 0 bridgehead atoms. The highest BCUT2D eigenvalue weighted by molar-refractivity contribution is 7.16. The van der Waals surface area contributed by atoms with Crippen molar-refractivity contribution in [2.24, 2.45) is 0 Å². The van der Waals surface area contributed by atoms with Crippen LogP contribution in [-0.4, -0.2) is 23.3 Å². The highest BCUT2D eigenvalue weighted by Crippen LogP contribution is 2.26. The number of carbonyl (C=O) groups is 2. The normalized spacial score (nSPS) is 13.1. The number of amides is 2. The van der Waals surface area contributed by atoms with E-state index in [2.05, 4.69) is 11.9 Å². The molecule has 0 unspecified atom stereocenters. The number of hydrogen-bond donors (Lipinski definition) is 1. The van der Waals surface area contributed by atoms with Crippen LogP contribution in [0.3, 0.4) is 0 Å². The van der Waals surface area contributed by atoms with Crippen molar-refractivity contribution in [1.82, 2.24) is 4.90 Å². The quantitative estimate of drug-likeness (QED) is 0.815. The van der Waals surface area contributed by atoms with Gasteiger partial charge in [0.05, 0.1) is 10.9 Å². The molecule has 0 saturated carbocycles. The summed E-state index contributed by atoms with van der Waals surface area (Å²) in [6, 6.07) is 9.19. The topological polar surface area (TPSA) is 49.4 Å². The van der Waals surface area contributed by atoms with Gasteiger partial charge in [0.2, 0.25) is 5.91 Å². The van der Waals surface area contributed by atoms with Crippen molar-refractivity contribution in [3.05, 3.63) is 63.3 Å². The minimum atomic E-state index is -0.0564. The third-order valence-corrected chi connectivity index (χ3v) is 5.08. The molecule has 0 saturated heterocycles. The van der Waals surface area contributed by atoms with Crippen molar-refractivity contribution >= 4 is 40.4 Å². The molecule has 1 aromatic carbocycles. The molecule has 1 aliphatic heterocycles. The van der Waals surface area contributed by atoms with Gasteiger partial charge >= 0.3 is 0 Å². The van der Waals surface area contributed by atoms with Crippen LogP contribution in [0.2, 0.25) is 4.34 Å². The zero-order chi connectivity index (χ0) is 17.1. The Hall–Kier alpha value is -2.11. The lowest BCUT2D eigenvalue weighted by Gasteiger charge is -2.22.